The normalized spacial score (nSPS) is 31.2. The van der Waals surface area contributed by atoms with E-state index in [1.807, 2.05) is 9.80 Å². The van der Waals surface area contributed by atoms with Gasteiger partial charge in [-0.3, -0.25) is 9.59 Å². The minimum absolute atomic E-state index is 0.00873. The second-order valence-corrected chi connectivity index (χ2v) is 6.48. The molecule has 3 rings (SSSR count). The molecule has 0 aromatic heterocycles. The second kappa shape index (κ2) is 5.72. The van der Waals surface area contributed by atoms with Crippen molar-refractivity contribution in [2.75, 3.05) is 26.2 Å². The topological polar surface area (TPSA) is 66.6 Å². The maximum atomic E-state index is 12.5. The third-order valence-corrected chi connectivity index (χ3v) is 4.97. The van der Waals surface area contributed by atoms with Gasteiger partial charge in [0, 0.05) is 38.1 Å². The Morgan fingerprint density at radius 3 is 1.90 bits per heavy atom. The molecule has 1 saturated heterocycles. The van der Waals surface area contributed by atoms with E-state index in [-0.39, 0.29) is 23.8 Å². The highest BCUT2D eigenvalue weighted by Crippen LogP contribution is 2.31. The van der Waals surface area contributed by atoms with Gasteiger partial charge in [-0.2, -0.15) is 0 Å². The first-order valence-electron chi connectivity index (χ1n) is 8.00. The maximum absolute atomic E-state index is 12.5. The van der Waals surface area contributed by atoms with Crippen molar-refractivity contribution in [3.63, 3.8) is 0 Å². The molecule has 0 spiro atoms. The molecular formula is C15H25N3O2. The van der Waals surface area contributed by atoms with Gasteiger partial charge in [0.2, 0.25) is 11.8 Å². The van der Waals surface area contributed by atoms with Gasteiger partial charge in [-0.05, 0) is 25.7 Å². The van der Waals surface area contributed by atoms with E-state index in [0.29, 0.717) is 32.1 Å². The van der Waals surface area contributed by atoms with E-state index in [2.05, 4.69) is 0 Å². The van der Waals surface area contributed by atoms with E-state index in [1.54, 1.807) is 0 Å². The smallest absolute Gasteiger partial charge is 0.227 e. The Kier molecular flexibility index (Phi) is 3.96. The Morgan fingerprint density at radius 1 is 0.800 bits per heavy atom. The molecule has 0 aromatic rings. The Morgan fingerprint density at radius 2 is 1.35 bits per heavy atom. The molecule has 0 aromatic carbocycles. The van der Waals surface area contributed by atoms with E-state index >= 15 is 0 Å². The molecule has 3 fully saturated rings. The first-order chi connectivity index (χ1) is 9.66. The van der Waals surface area contributed by atoms with Gasteiger partial charge in [-0.1, -0.05) is 12.8 Å². The zero-order chi connectivity index (χ0) is 14.1. The maximum Gasteiger partial charge on any atom is 0.227 e. The van der Waals surface area contributed by atoms with Crippen LogP contribution in [-0.2, 0) is 9.59 Å². The summed E-state index contributed by atoms with van der Waals surface area (Å²) < 4.78 is 0. The largest absolute Gasteiger partial charge is 0.339 e. The van der Waals surface area contributed by atoms with Gasteiger partial charge in [0.1, 0.15) is 0 Å². The average Bonchev–Trinajstić information content (AvgIpc) is 3.31. The molecule has 2 atom stereocenters. The summed E-state index contributed by atoms with van der Waals surface area (Å²) in [6, 6.07) is 0.0300. The molecule has 2 amide bonds. The van der Waals surface area contributed by atoms with Crippen LogP contribution in [-0.4, -0.2) is 53.8 Å². The number of carbonyl (C=O) groups is 2. The SMILES string of the molecule is NC1CCCCC1C(=O)N1CCN(C(=O)C2CC2)CC1. The van der Waals surface area contributed by atoms with E-state index in [4.69, 9.17) is 5.73 Å². The number of hydrogen-bond donors (Lipinski definition) is 1. The number of carbonyl (C=O) groups excluding carboxylic acids is 2. The third-order valence-electron chi connectivity index (χ3n) is 4.97. The van der Waals surface area contributed by atoms with Gasteiger partial charge in [0.25, 0.3) is 0 Å². The zero-order valence-electron chi connectivity index (χ0n) is 12.1. The van der Waals surface area contributed by atoms with Crippen molar-refractivity contribution in [2.24, 2.45) is 17.6 Å². The number of hydrogen-bond acceptors (Lipinski definition) is 3. The highest BCUT2D eigenvalue weighted by molar-refractivity contribution is 5.82. The summed E-state index contributed by atoms with van der Waals surface area (Å²) in [5.74, 6) is 0.806. The molecule has 0 radical (unpaired) electrons. The summed E-state index contributed by atoms with van der Waals surface area (Å²) in [5, 5.41) is 0. The quantitative estimate of drug-likeness (QED) is 0.804. The van der Waals surface area contributed by atoms with Gasteiger partial charge < -0.3 is 15.5 Å². The summed E-state index contributed by atoms with van der Waals surface area (Å²) in [5.41, 5.74) is 6.10. The Bertz CT molecular complexity index is 387. The number of amides is 2. The molecule has 2 aliphatic carbocycles. The number of nitrogens with zero attached hydrogens (tertiary/aromatic N) is 2. The first-order valence-corrected chi connectivity index (χ1v) is 8.00. The fourth-order valence-electron chi connectivity index (χ4n) is 3.44. The van der Waals surface area contributed by atoms with Crippen molar-refractivity contribution in [3.8, 4) is 0 Å². The van der Waals surface area contributed by atoms with Crippen LogP contribution in [0, 0.1) is 11.8 Å². The number of rotatable bonds is 2. The molecule has 112 valence electrons. The standard InChI is InChI=1S/C15H25N3O2/c16-13-4-2-1-3-12(13)15(20)18-9-7-17(8-10-18)14(19)11-5-6-11/h11-13H,1-10,16H2. The molecule has 1 aliphatic heterocycles. The molecule has 3 aliphatic rings. The van der Waals surface area contributed by atoms with E-state index < -0.39 is 0 Å². The Hall–Kier alpha value is -1.10. The molecule has 2 N–H and O–H groups in total. The predicted molar refractivity (Wildman–Crippen MR) is 75.8 cm³/mol. The molecule has 5 nitrogen and oxygen atoms in total. The number of nitrogens with two attached hydrogens (primary N) is 1. The van der Waals surface area contributed by atoms with Crippen LogP contribution < -0.4 is 5.73 Å². The summed E-state index contributed by atoms with van der Waals surface area (Å²) in [6.07, 6.45) is 6.26. The second-order valence-electron chi connectivity index (χ2n) is 6.48. The summed E-state index contributed by atoms with van der Waals surface area (Å²) >= 11 is 0. The molecule has 1 heterocycles. The summed E-state index contributed by atoms with van der Waals surface area (Å²) in [7, 11) is 0. The predicted octanol–water partition coefficient (Wildman–Crippen LogP) is 0.585. The first kappa shape index (κ1) is 13.9. The van der Waals surface area contributed by atoms with Crippen LogP contribution in [0.4, 0.5) is 0 Å². The van der Waals surface area contributed by atoms with Crippen LogP contribution in [0.25, 0.3) is 0 Å². The molecule has 0 bridgehead atoms. The van der Waals surface area contributed by atoms with Gasteiger partial charge >= 0.3 is 0 Å². The van der Waals surface area contributed by atoms with Crippen molar-refractivity contribution >= 4 is 11.8 Å². The molecule has 20 heavy (non-hydrogen) atoms. The molecular weight excluding hydrogens is 254 g/mol. The highest BCUT2D eigenvalue weighted by atomic mass is 16.2. The fraction of sp³-hybridized carbons (Fsp3) is 0.867. The van der Waals surface area contributed by atoms with Crippen LogP contribution in [0.15, 0.2) is 0 Å². The zero-order valence-corrected chi connectivity index (χ0v) is 12.1. The van der Waals surface area contributed by atoms with Crippen LogP contribution in [0.3, 0.4) is 0 Å². The summed E-state index contributed by atoms with van der Waals surface area (Å²) in [4.78, 5) is 28.4. The van der Waals surface area contributed by atoms with E-state index in [9.17, 15) is 9.59 Å². The monoisotopic (exact) mass is 279 g/mol. The lowest BCUT2D eigenvalue weighted by Gasteiger charge is -2.38. The summed E-state index contributed by atoms with van der Waals surface area (Å²) in [6.45, 7) is 2.76. The molecule has 5 heteroatoms. The van der Waals surface area contributed by atoms with Crippen LogP contribution in [0.5, 0.6) is 0 Å². The Labute approximate surface area is 120 Å². The van der Waals surface area contributed by atoms with Crippen LogP contribution in [0.1, 0.15) is 38.5 Å². The van der Waals surface area contributed by atoms with Crippen molar-refractivity contribution in [1.82, 2.24) is 9.80 Å². The van der Waals surface area contributed by atoms with Crippen molar-refractivity contribution < 1.29 is 9.59 Å². The highest BCUT2D eigenvalue weighted by Gasteiger charge is 2.37. The lowest BCUT2D eigenvalue weighted by Crippen LogP contribution is -2.54. The van der Waals surface area contributed by atoms with Gasteiger partial charge in [-0.15, -0.1) is 0 Å². The van der Waals surface area contributed by atoms with Crippen LogP contribution in [0.2, 0.25) is 0 Å². The Balaban J connectivity index is 1.51. The van der Waals surface area contributed by atoms with Crippen molar-refractivity contribution in [3.05, 3.63) is 0 Å². The fourth-order valence-corrected chi connectivity index (χ4v) is 3.44. The molecule has 2 saturated carbocycles. The van der Waals surface area contributed by atoms with Gasteiger partial charge in [0.15, 0.2) is 0 Å². The minimum atomic E-state index is 0.00873. The van der Waals surface area contributed by atoms with Crippen LogP contribution >= 0.6 is 0 Å². The van der Waals surface area contributed by atoms with Crippen molar-refractivity contribution in [1.29, 1.82) is 0 Å². The van der Waals surface area contributed by atoms with Crippen molar-refractivity contribution in [2.45, 2.75) is 44.6 Å². The lowest BCUT2D eigenvalue weighted by molar-refractivity contribution is -0.143. The molecule has 2 unspecified atom stereocenters. The number of piperazine rings is 1. The van der Waals surface area contributed by atoms with Gasteiger partial charge in [0.05, 0.1) is 5.92 Å². The lowest BCUT2D eigenvalue weighted by atomic mass is 9.84. The third kappa shape index (κ3) is 2.82. The minimum Gasteiger partial charge on any atom is -0.339 e. The average molecular weight is 279 g/mol. The van der Waals surface area contributed by atoms with Gasteiger partial charge in [-0.25, -0.2) is 0 Å². The van der Waals surface area contributed by atoms with E-state index in [1.165, 1.54) is 0 Å². The van der Waals surface area contributed by atoms with E-state index in [0.717, 1.165) is 38.5 Å².